The number of esters is 1. The van der Waals surface area contributed by atoms with E-state index in [0.29, 0.717) is 23.5 Å². The summed E-state index contributed by atoms with van der Waals surface area (Å²) in [5.74, 6) is -0.177. The van der Waals surface area contributed by atoms with Gasteiger partial charge in [0.1, 0.15) is 22.9 Å². The van der Waals surface area contributed by atoms with Crippen molar-refractivity contribution in [3.8, 4) is 17.1 Å². The molecule has 2 N–H and O–H groups in total. The Bertz CT molecular complexity index is 915. The second kappa shape index (κ2) is 6.94. The number of rotatable bonds is 5. The van der Waals surface area contributed by atoms with Gasteiger partial charge in [0.25, 0.3) is 0 Å². The van der Waals surface area contributed by atoms with Crippen molar-refractivity contribution < 1.29 is 23.4 Å². The molecule has 3 aromatic rings. The highest BCUT2D eigenvalue weighted by atomic mass is 19.1. The summed E-state index contributed by atoms with van der Waals surface area (Å²) in [5, 5.41) is 14.0. The van der Waals surface area contributed by atoms with Crippen LogP contribution in [0.2, 0.25) is 0 Å². The van der Waals surface area contributed by atoms with E-state index in [0.717, 1.165) is 16.5 Å². The van der Waals surface area contributed by atoms with Gasteiger partial charge in [-0.15, -0.1) is 0 Å². The normalized spacial score (nSPS) is 11.0. The number of methoxy groups -OCH3 is 1. The fourth-order valence-corrected chi connectivity index (χ4v) is 2.78. The summed E-state index contributed by atoms with van der Waals surface area (Å²) in [4.78, 5) is 11.5. The third-order valence-electron chi connectivity index (χ3n) is 4.01. The fourth-order valence-electron chi connectivity index (χ4n) is 2.78. The molecule has 1 heterocycles. The Morgan fingerprint density at radius 1 is 1.28 bits per heavy atom. The smallest absolute Gasteiger partial charge is 0.310 e. The summed E-state index contributed by atoms with van der Waals surface area (Å²) < 4.78 is 23.8. The van der Waals surface area contributed by atoms with Crippen molar-refractivity contribution in [2.45, 2.75) is 13.0 Å². The third kappa shape index (κ3) is 3.34. The molecule has 0 aliphatic carbocycles. The minimum absolute atomic E-state index is 0.00158. The number of fused-ring (bicyclic) bond motifs is 1. The third-order valence-corrected chi connectivity index (χ3v) is 4.01. The molecule has 0 saturated carbocycles. The van der Waals surface area contributed by atoms with Crippen molar-refractivity contribution in [3.05, 3.63) is 53.3 Å². The van der Waals surface area contributed by atoms with Crippen LogP contribution in [-0.4, -0.2) is 25.2 Å². The largest absolute Gasteiger partial charge is 0.508 e. The lowest BCUT2D eigenvalue weighted by atomic mass is 10.0. The van der Waals surface area contributed by atoms with E-state index in [4.69, 9.17) is 4.42 Å². The van der Waals surface area contributed by atoms with Gasteiger partial charge in [-0.2, -0.15) is 0 Å². The molecular formula is C19H18FNO4. The van der Waals surface area contributed by atoms with Crippen LogP contribution in [0.3, 0.4) is 0 Å². The lowest BCUT2D eigenvalue weighted by Crippen LogP contribution is -2.06. The van der Waals surface area contributed by atoms with Gasteiger partial charge in [-0.3, -0.25) is 4.79 Å². The number of hydrogen-bond acceptors (Lipinski definition) is 5. The highest BCUT2D eigenvalue weighted by Crippen LogP contribution is 2.37. The Hall–Kier alpha value is -2.86. The number of ether oxygens (including phenoxy) is 1. The van der Waals surface area contributed by atoms with Crippen molar-refractivity contribution in [1.82, 2.24) is 5.32 Å². The molecule has 0 radical (unpaired) electrons. The first kappa shape index (κ1) is 17.0. The van der Waals surface area contributed by atoms with Crippen LogP contribution < -0.4 is 5.32 Å². The van der Waals surface area contributed by atoms with Gasteiger partial charge < -0.3 is 19.6 Å². The number of nitrogens with one attached hydrogen (secondary N) is 1. The zero-order valence-electron chi connectivity index (χ0n) is 13.9. The molecule has 0 saturated heterocycles. The van der Waals surface area contributed by atoms with Crippen LogP contribution in [0.25, 0.3) is 22.3 Å². The summed E-state index contributed by atoms with van der Waals surface area (Å²) >= 11 is 0. The second-order valence-electron chi connectivity index (χ2n) is 5.68. The molecule has 0 aliphatic rings. The van der Waals surface area contributed by atoms with Gasteiger partial charge in [-0.25, -0.2) is 4.39 Å². The molecular weight excluding hydrogens is 325 g/mol. The van der Waals surface area contributed by atoms with Crippen LogP contribution in [0, 0.1) is 5.82 Å². The molecule has 0 amide bonds. The maximum Gasteiger partial charge on any atom is 0.310 e. The molecule has 0 unspecified atom stereocenters. The zero-order chi connectivity index (χ0) is 18.0. The van der Waals surface area contributed by atoms with E-state index in [1.807, 2.05) is 0 Å². The van der Waals surface area contributed by atoms with Gasteiger partial charge in [0, 0.05) is 28.6 Å². The first-order valence-electron chi connectivity index (χ1n) is 7.78. The van der Waals surface area contributed by atoms with E-state index < -0.39 is 5.97 Å². The molecule has 6 heteroatoms. The highest BCUT2D eigenvalue weighted by Gasteiger charge is 2.19. The number of aromatic hydroxyl groups is 1. The van der Waals surface area contributed by atoms with Crippen LogP contribution in [0.4, 0.5) is 4.39 Å². The minimum atomic E-state index is -0.449. The molecule has 5 nitrogen and oxygen atoms in total. The Morgan fingerprint density at radius 3 is 2.64 bits per heavy atom. The molecule has 0 atom stereocenters. The molecule has 3 rings (SSSR count). The van der Waals surface area contributed by atoms with Gasteiger partial charge in [0.2, 0.25) is 0 Å². The predicted octanol–water partition coefficient (Wildman–Crippen LogP) is 3.38. The Balaban J connectivity index is 2.15. The number of halogens is 1. The highest BCUT2D eigenvalue weighted by molar-refractivity contribution is 5.90. The first-order valence-corrected chi connectivity index (χ1v) is 7.78. The molecule has 0 bridgehead atoms. The lowest BCUT2D eigenvalue weighted by molar-refractivity contribution is -0.139. The van der Waals surface area contributed by atoms with Gasteiger partial charge in [-0.1, -0.05) is 0 Å². The van der Waals surface area contributed by atoms with E-state index >= 15 is 0 Å². The topological polar surface area (TPSA) is 71.7 Å². The average molecular weight is 343 g/mol. The fraction of sp³-hybridized carbons (Fsp3) is 0.211. The molecule has 0 aliphatic heterocycles. The standard InChI is InChI=1S/C19H18FNO4/c1-21-10-15-14-9-16(22)12(8-18(23)24-2)7-17(14)25-19(15)11-3-5-13(20)6-4-11/h3-7,9,21-22H,8,10H2,1-2H3. The predicted molar refractivity (Wildman–Crippen MR) is 91.8 cm³/mol. The van der Waals surface area contributed by atoms with Crippen LogP contribution in [0.5, 0.6) is 5.75 Å². The summed E-state index contributed by atoms with van der Waals surface area (Å²) in [6.45, 7) is 0.509. The van der Waals surface area contributed by atoms with Crippen LogP contribution >= 0.6 is 0 Å². The van der Waals surface area contributed by atoms with E-state index in [-0.39, 0.29) is 18.0 Å². The van der Waals surface area contributed by atoms with Crippen molar-refractivity contribution in [1.29, 1.82) is 0 Å². The van der Waals surface area contributed by atoms with Crippen LogP contribution in [-0.2, 0) is 22.5 Å². The van der Waals surface area contributed by atoms with E-state index in [1.54, 1.807) is 31.3 Å². The van der Waals surface area contributed by atoms with Crippen LogP contribution in [0.15, 0.2) is 40.8 Å². The Kier molecular flexibility index (Phi) is 4.72. The Morgan fingerprint density at radius 2 is 2.00 bits per heavy atom. The van der Waals surface area contributed by atoms with Gasteiger partial charge in [0.15, 0.2) is 0 Å². The summed E-state index contributed by atoms with van der Waals surface area (Å²) in [7, 11) is 3.10. The van der Waals surface area contributed by atoms with E-state index in [2.05, 4.69) is 10.1 Å². The van der Waals surface area contributed by atoms with Crippen molar-refractivity contribution in [2.24, 2.45) is 0 Å². The molecule has 0 fully saturated rings. The summed E-state index contributed by atoms with van der Waals surface area (Å²) in [6.07, 6.45) is -0.0494. The molecule has 1 aromatic heterocycles. The first-order chi connectivity index (χ1) is 12.0. The molecule has 25 heavy (non-hydrogen) atoms. The van der Waals surface area contributed by atoms with Crippen molar-refractivity contribution >= 4 is 16.9 Å². The van der Waals surface area contributed by atoms with Crippen molar-refractivity contribution in [2.75, 3.05) is 14.2 Å². The van der Waals surface area contributed by atoms with E-state index in [9.17, 15) is 14.3 Å². The monoisotopic (exact) mass is 343 g/mol. The van der Waals surface area contributed by atoms with Gasteiger partial charge in [0.05, 0.1) is 13.5 Å². The summed E-state index contributed by atoms with van der Waals surface area (Å²) in [6, 6.07) is 9.23. The molecule has 130 valence electrons. The van der Waals surface area contributed by atoms with Crippen LogP contribution in [0.1, 0.15) is 11.1 Å². The second-order valence-corrected chi connectivity index (χ2v) is 5.68. The maximum absolute atomic E-state index is 13.2. The number of carbonyl (C=O) groups is 1. The molecule has 0 spiro atoms. The number of furan rings is 1. The zero-order valence-corrected chi connectivity index (χ0v) is 13.9. The summed E-state index contributed by atoms with van der Waals surface area (Å²) in [5.41, 5.74) is 2.55. The molecule has 2 aromatic carbocycles. The van der Waals surface area contributed by atoms with Gasteiger partial charge in [-0.05, 0) is 43.4 Å². The minimum Gasteiger partial charge on any atom is -0.508 e. The van der Waals surface area contributed by atoms with Gasteiger partial charge >= 0.3 is 5.97 Å². The quantitative estimate of drug-likeness (QED) is 0.695. The van der Waals surface area contributed by atoms with E-state index in [1.165, 1.54) is 19.2 Å². The van der Waals surface area contributed by atoms with Crippen molar-refractivity contribution in [3.63, 3.8) is 0 Å². The SMILES string of the molecule is CNCc1c(-c2ccc(F)cc2)oc2cc(CC(=O)OC)c(O)cc12. The maximum atomic E-state index is 13.2. The lowest BCUT2D eigenvalue weighted by Gasteiger charge is -2.04. The number of hydrogen-bond donors (Lipinski definition) is 2. The number of phenolic OH excluding ortho intramolecular Hbond substituents is 1. The number of benzene rings is 2. The number of phenols is 1. The Labute approximate surface area is 144 Å². The average Bonchev–Trinajstić information content (AvgIpc) is 2.94. The number of carbonyl (C=O) groups excluding carboxylic acids is 1.